The Morgan fingerprint density at radius 1 is 1.02 bits per heavy atom. The van der Waals surface area contributed by atoms with Crippen LogP contribution in [0, 0.1) is 11.8 Å². The number of ether oxygens (including phenoxy) is 9. The molecule has 0 saturated carbocycles. The second kappa shape index (κ2) is 24.2. The molecule has 0 spiro atoms. The zero-order valence-electron chi connectivity index (χ0n) is 36.7. The Balaban J connectivity index is 2.01. The van der Waals surface area contributed by atoms with E-state index in [1.54, 1.807) is 39.2 Å². The first kappa shape index (κ1) is 50.0. The van der Waals surface area contributed by atoms with Gasteiger partial charge in [0.05, 0.1) is 42.5 Å². The smallest absolute Gasteiger partial charge is 0.309 e. The van der Waals surface area contributed by atoms with Gasteiger partial charge in [-0.3, -0.25) is 9.59 Å². The maximum absolute atomic E-state index is 13.3. The summed E-state index contributed by atoms with van der Waals surface area (Å²) in [6, 6.07) is -0.680. The van der Waals surface area contributed by atoms with Crippen molar-refractivity contribution in [1.82, 2.24) is 4.90 Å². The normalized spacial score (nSPS) is 40.7. The van der Waals surface area contributed by atoms with Crippen molar-refractivity contribution in [1.29, 1.82) is 0 Å². The minimum Gasteiger partial charge on any atom is -0.462 e. The number of aliphatic hydroxyl groups is 2. The van der Waals surface area contributed by atoms with Crippen molar-refractivity contribution in [2.45, 2.75) is 185 Å². The van der Waals surface area contributed by atoms with Crippen molar-refractivity contribution < 1.29 is 67.2 Å². The van der Waals surface area contributed by atoms with Crippen LogP contribution in [0.5, 0.6) is 0 Å². The summed E-state index contributed by atoms with van der Waals surface area (Å²) < 4.78 is 56.1. The zero-order chi connectivity index (χ0) is 43.2. The summed E-state index contributed by atoms with van der Waals surface area (Å²) in [7, 11) is 6.69. The first-order valence-corrected chi connectivity index (χ1v) is 21.0. The van der Waals surface area contributed by atoms with Gasteiger partial charge >= 0.3 is 11.9 Å². The van der Waals surface area contributed by atoms with Crippen molar-refractivity contribution in [2.75, 3.05) is 34.9 Å². The monoisotopic (exact) mass is 828 g/mol. The molecule has 334 valence electrons. The molecule has 3 rings (SSSR count). The summed E-state index contributed by atoms with van der Waals surface area (Å²) >= 11 is 0. The predicted octanol–water partition coefficient (Wildman–Crippen LogP) is 4.29. The Kier molecular flexibility index (Phi) is 20.9. The Hall–Kier alpha value is -2.31. The van der Waals surface area contributed by atoms with Crippen LogP contribution in [-0.2, 0) is 57.0 Å². The predicted molar refractivity (Wildman–Crippen MR) is 215 cm³/mol. The highest BCUT2D eigenvalue weighted by Crippen LogP contribution is 2.39. The molecule has 16 atom stereocenters. The van der Waals surface area contributed by atoms with E-state index in [4.69, 9.17) is 42.6 Å². The number of carbonyl (C=O) groups is 3. The number of methoxy groups -OCH3 is 2. The second-order valence-corrected chi connectivity index (χ2v) is 16.5. The van der Waals surface area contributed by atoms with Crippen LogP contribution in [-0.4, -0.2) is 154 Å². The van der Waals surface area contributed by atoms with E-state index in [1.165, 1.54) is 7.11 Å². The van der Waals surface area contributed by atoms with Crippen LogP contribution in [0.1, 0.15) is 99.8 Å². The topological polar surface area (TPSA) is 178 Å². The van der Waals surface area contributed by atoms with Crippen LogP contribution in [0.4, 0.5) is 0 Å². The summed E-state index contributed by atoms with van der Waals surface area (Å²) in [5, 5.41) is 23.3. The minimum absolute atomic E-state index is 0.0233. The van der Waals surface area contributed by atoms with Crippen LogP contribution in [0.2, 0.25) is 0 Å². The SMILES string of the molecule is CCCCO[C@H]1[C@H](C)O[C@@H](O[C@H]2[C@H](N(C)C)[C@@H](O)[C@H](O[C@H]3[C@@H](CC=O)C[C@@H](C)[C@@H](O)/C=C\C=C\C[C@@H](C)OC(=O)C[C@H](OC(=O)CC)[C@@H]3OC)O[C@@H]2C)C[C@@]1(C)OC. The molecule has 2 N–H and O–H groups in total. The van der Waals surface area contributed by atoms with Crippen LogP contribution in [0.3, 0.4) is 0 Å². The lowest BCUT2D eigenvalue weighted by molar-refractivity contribution is -0.347. The number of carbonyl (C=O) groups excluding carboxylic acids is 3. The molecule has 3 aliphatic heterocycles. The number of rotatable bonds is 15. The number of hydrogen-bond donors (Lipinski definition) is 2. The van der Waals surface area contributed by atoms with E-state index in [1.807, 2.05) is 52.8 Å². The minimum atomic E-state index is -1.31. The molecule has 3 heterocycles. The fourth-order valence-corrected chi connectivity index (χ4v) is 8.22. The third-order valence-electron chi connectivity index (χ3n) is 11.6. The molecule has 0 aromatic carbocycles. The summed E-state index contributed by atoms with van der Waals surface area (Å²) in [6.45, 7) is 13.7. The standard InChI is InChI=1S/C43H73NO14/c1-12-14-22-52-41-29(6)54-35(25-43(41,7)51-11)57-38-28(5)55-42(37(49)36(38)44(8)9)58-39-30(20-21-45)23-26(3)31(46)19-17-15-16-18-27(4)53-34(48)24-32(40(39)50-10)56-33(47)13-2/h15-17,19,21,26-32,35-42,46,49H,12-14,18,20,22-25H2,1-11H3/b16-15+,19-17-/t26-,27-,28-,29+,30+,31+,32+,35+,36-,37-,38-,39+,40+,41+,42+,43-/m1/s1. The number of aldehydes is 1. The van der Waals surface area contributed by atoms with Crippen LogP contribution < -0.4 is 0 Å². The van der Waals surface area contributed by atoms with Gasteiger partial charge in [-0.15, -0.1) is 0 Å². The van der Waals surface area contributed by atoms with Gasteiger partial charge in [-0.1, -0.05) is 51.5 Å². The first-order valence-electron chi connectivity index (χ1n) is 21.0. The Bertz CT molecular complexity index is 1310. The molecule has 15 nitrogen and oxygen atoms in total. The molecular weight excluding hydrogens is 754 g/mol. The van der Waals surface area contributed by atoms with Crippen LogP contribution in [0.25, 0.3) is 0 Å². The van der Waals surface area contributed by atoms with E-state index in [9.17, 15) is 24.6 Å². The molecular formula is C43H73NO14. The van der Waals surface area contributed by atoms with Gasteiger partial charge < -0.3 is 62.5 Å². The maximum Gasteiger partial charge on any atom is 0.309 e. The van der Waals surface area contributed by atoms with E-state index >= 15 is 0 Å². The van der Waals surface area contributed by atoms with Crippen LogP contribution in [0.15, 0.2) is 24.3 Å². The molecule has 58 heavy (non-hydrogen) atoms. The highest BCUT2D eigenvalue weighted by Gasteiger charge is 2.53. The second-order valence-electron chi connectivity index (χ2n) is 16.5. The van der Waals surface area contributed by atoms with Crippen molar-refractivity contribution >= 4 is 18.2 Å². The van der Waals surface area contributed by atoms with Gasteiger partial charge in [0.25, 0.3) is 0 Å². The fraction of sp³-hybridized carbons (Fsp3) is 0.837. The number of hydrogen-bond acceptors (Lipinski definition) is 15. The Morgan fingerprint density at radius 2 is 1.74 bits per heavy atom. The third kappa shape index (κ3) is 13.9. The van der Waals surface area contributed by atoms with E-state index in [-0.39, 0.29) is 43.8 Å². The fourth-order valence-electron chi connectivity index (χ4n) is 8.22. The lowest BCUT2D eigenvalue weighted by Crippen LogP contribution is -2.66. The van der Waals surface area contributed by atoms with Crippen molar-refractivity contribution in [3.05, 3.63) is 24.3 Å². The summed E-state index contributed by atoms with van der Waals surface area (Å²) in [4.78, 5) is 40.4. The van der Waals surface area contributed by atoms with Gasteiger partial charge in [0.2, 0.25) is 0 Å². The summed E-state index contributed by atoms with van der Waals surface area (Å²) in [6.07, 6.45) is 0.133. The van der Waals surface area contributed by atoms with Crippen molar-refractivity contribution in [3.8, 4) is 0 Å². The quantitative estimate of drug-likeness (QED) is 0.136. The van der Waals surface area contributed by atoms with E-state index in [2.05, 4.69) is 6.92 Å². The van der Waals surface area contributed by atoms with Gasteiger partial charge in [0.1, 0.15) is 42.9 Å². The Labute approximate surface area is 346 Å². The van der Waals surface area contributed by atoms with Gasteiger partial charge in [0, 0.05) is 46.5 Å². The largest absolute Gasteiger partial charge is 0.462 e. The highest BCUT2D eigenvalue weighted by atomic mass is 16.7. The Morgan fingerprint density at radius 3 is 2.36 bits per heavy atom. The molecule has 0 unspecified atom stereocenters. The average Bonchev–Trinajstić information content (AvgIpc) is 3.16. The van der Waals surface area contributed by atoms with Gasteiger partial charge in [0.15, 0.2) is 12.6 Å². The first-order chi connectivity index (χ1) is 27.5. The van der Waals surface area contributed by atoms with Crippen molar-refractivity contribution in [2.24, 2.45) is 11.8 Å². The molecule has 0 aromatic rings. The molecule has 2 saturated heterocycles. The lowest BCUT2D eigenvalue weighted by atomic mass is 9.82. The molecule has 0 aliphatic carbocycles. The molecule has 0 amide bonds. The maximum atomic E-state index is 13.3. The number of esters is 2. The highest BCUT2D eigenvalue weighted by molar-refractivity contribution is 5.72. The van der Waals surface area contributed by atoms with Crippen molar-refractivity contribution in [3.63, 3.8) is 0 Å². The van der Waals surface area contributed by atoms with Gasteiger partial charge in [-0.2, -0.15) is 0 Å². The number of unbranched alkanes of at least 4 members (excludes halogenated alkanes) is 1. The molecule has 0 radical (unpaired) electrons. The number of allylic oxidation sites excluding steroid dienone is 2. The van der Waals surface area contributed by atoms with E-state index < -0.39 is 90.9 Å². The lowest BCUT2D eigenvalue weighted by Gasteiger charge is -2.51. The average molecular weight is 828 g/mol. The summed E-state index contributed by atoms with van der Waals surface area (Å²) in [5.74, 6) is -2.23. The van der Waals surface area contributed by atoms with E-state index in [0.29, 0.717) is 19.4 Å². The molecule has 2 fully saturated rings. The summed E-state index contributed by atoms with van der Waals surface area (Å²) in [5.41, 5.74) is -0.709. The molecule has 3 aliphatic rings. The molecule has 0 aromatic heterocycles. The number of aliphatic hydroxyl groups excluding tert-OH is 2. The van der Waals surface area contributed by atoms with Gasteiger partial charge in [-0.05, 0) is 66.5 Å². The van der Waals surface area contributed by atoms with E-state index in [0.717, 1.165) is 19.1 Å². The number of likely N-dealkylation sites (N-methyl/N-ethyl adjacent to an activating group) is 1. The number of nitrogens with zero attached hydrogens (tertiary/aromatic N) is 1. The third-order valence-corrected chi connectivity index (χ3v) is 11.6. The molecule has 0 bridgehead atoms. The molecule has 15 heteroatoms. The zero-order valence-corrected chi connectivity index (χ0v) is 36.7. The van der Waals surface area contributed by atoms with Crippen LogP contribution >= 0.6 is 0 Å². The number of cyclic esters (lactones) is 1. The van der Waals surface area contributed by atoms with Gasteiger partial charge in [-0.25, -0.2) is 0 Å².